The number of nitrogens with zero attached hydrogens (tertiary/aromatic N) is 4. The minimum absolute atomic E-state index is 0.224. The Labute approximate surface area is 84.0 Å². The minimum atomic E-state index is -0.684. The molecule has 2 N–H and O–H groups in total. The first-order chi connectivity index (χ1) is 6.75. The third-order valence-electron chi connectivity index (χ3n) is 2.04. The van der Waals surface area contributed by atoms with Gasteiger partial charge in [0.15, 0.2) is 0 Å². The van der Waals surface area contributed by atoms with Crippen LogP contribution in [0.1, 0.15) is 0 Å². The molecule has 14 heavy (non-hydrogen) atoms. The van der Waals surface area contributed by atoms with Crippen LogP contribution in [-0.2, 0) is 10.8 Å². The van der Waals surface area contributed by atoms with E-state index in [1.807, 2.05) is 4.90 Å². The number of nitrogens with two attached hydrogens (primary N) is 1. The number of rotatable bonds is 1. The molecule has 0 unspecified atom stereocenters. The summed E-state index contributed by atoms with van der Waals surface area (Å²) in [5.74, 6) is 2.15. The Morgan fingerprint density at radius 3 is 2.71 bits per heavy atom. The average Bonchev–Trinajstić information content (AvgIpc) is 2.19. The average molecular weight is 213 g/mol. The van der Waals surface area contributed by atoms with Crippen LogP contribution in [0.2, 0.25) is 0 Å². The van der Waals surface area contributed by atoms with E-state index in [1.54, 1.807) is 0 Å². The summed E-state index contributed by atoms with van der Waals surface area (Å²) in [5.41, 5.74) is 5.44. The Hall–Kier alpha value is -1.24. The largest absolute Gasteiger partial charge is 0.368 e. The van der Waals surface area contributed by atoms with Crippen LogP contribution in [0.3, 0.4) is 0 Å². The highest BCUT2D eigenvalue weighted by Crippen LogP contribution is 2.09. The number of anilines is 2. The van der Waals surface area contributed by atoms with Gasteiger partial charge in [0.05, 0.1) is 0 Å². The van der Waals surface area contributed by atoms with Gasteiger partial charge in [-0.15, -0.1) is 0 Å². The van der Waals surface area contributed by atoms with Crippen LogP contribution in [0.5, 0.6) is 0 Å². The standard InChI is InChI=1S/C7H11N5OS/c8-6-9-5-10-7(11-6)12-1-3-14(13)4-2-12/h5H,1-4H2,(H2,8,9,10,11). The van der Waals surface area contributed by atoms with Crippen molar-refractivity contribution >= 4 is 22.7 Å². The van der Waals surface area contributed by atoms with Crippen LogP contribution >= 0.6 is 0 Å². The van der Waals surface area contributed by atoms with Crippen LogP contribution in [0, 0.1) is 0 Å². The zero-order valence-electron chi connectivity index (χ0n) is 7.59. The maximum atomic E-state index is 11.1. The van der Waals surface area contributed by atoms with E-state index in [9.17, 15) is 4.21 Å². The fourth-order valence-corrected chi connectivity index (χ4v) is 2.34. The number of hydrogen-bond donors (Lipinski definition) is 1. The van der Waals surface area contributed by atoms with E-state index in [1.165, 1.54) is 6.33 Å². The highest BCUT2D eigenvalue weighted by molar-refractivity contribution is 7.85. The van der Waals surface area contributed by atoms with E-state index in [0.717, 1.165) is 13.1 Å². The summed E-state index contributed by atoms with van der Waals surface area (Å²) >= 11 is 0. The lowest BCUT2D eigenvalue weighted by atomic mass is 10.5. The van der Waals surface area contributed by atoms with Gasteiger partial charge < -0.3 is 10.6 Å². The van der Waals surface area contributed by atoms with Gasteiger partial charge in [-0.25, -0.2) is 9.97 Å². The molecule has 0 aromatic carbocycles. The maximum Gasteiger partial charge on any atom is 0.230 e. The van der Waals surface area contributed by atoms with E-state index >= 15 is 0 Å². The third-order valence-corrected chi connectivity index (χ3v) is 3.31. The van der Waals surface area contributed by atoms with Crippen molar-refractivity contribution < 1.29 is 4.21 Å². The highest BCUT2D eigenvalue weighted by atomic mass is 32.2. The Morgan fingerprint density at radius 1 is 1.36 bits per heavy atom. The summed E-state index contributed by atoms with van der Waals surface area (Å²) in [6.07, 6.45) is 1.39. The molecule has 7 heteroatoms. The summed E-state index contributed by atoms with van der Waals surface area (Å²) in [6.45, 7) is 1.44. The maximum absolute atomic E-state index is 11.1. The van der Waals surface area contributed by atoms with Crippen LogP contribution in [0.4, 0.5) is 11.9 Å². The van der Waals surface area contributed by atoms with Crippen LogP contribution < -0.4 is 10.6 Å². The van der Waals surface area contributed by atoms with Gasteiger partial charge in [-0.1, -0.05) is 0 Å². The van der Waals surface area contributed by atoms with Crippen molar-refractivity contribution in [1.29, 1.82) is 0 Å². The molecule has 76 valence electrons. The molecule has 1 aromatic rings. The molecule has 0 bridgehead atoms. The molecule has 0 amide bonds. The zero-order valence-corrected chi connectivity index (χ0v) is 8.40. The first-order valence-electron chi connectivity index (χ1n) is 4.30. The minimum Gasteiger partial charge on any atom is -0.368 e. The number of aromatic nitrogens is 3. The molecule has 6 nitrogen and oxygen atoms in total. The van der Waals surface area contributed by atoms with Gasteiger partial charge in [-0.05, 0) is 0 Å². The van der Waals surface area contributed by atoms with Gasteiger partial charge >= 0.3 is 0 Å². The second-order valence-corrected chi connectivity index (χ2v) is 4.67. The molecule has 0 atom stereocenters. The van der Waals surface area contributed by atoms with E-state index < -0.39 is 10.8 Å². The molecule has 1 saturated heterocycles. The fourth-order valence-electron chi connectivity index (χ4n) is 1.29. The molecule has 0 aliphatic carbocycles. The Kier molecular flexibility index (Phi) is 2.58. The molecule has 1 aromatic heterocycles. The summed E-state index contributed by atoms with van der Waals surface area (Å²) in [4.78, 5) is 13.7. The lowest BCUT2D eigenvalue weighted by Crippen LogP contribution is -2.38. The summed E-state index contributed by atoms with van der Waals surface area (Å²) in [7, 11) is -0.684. The Balaban J connectivity index is 2.12. The van der Waals surface area contributed by atoms with E-state index in [2.05, 4.69) is 15.0 Å². The lowest BCUT2D eigenvalue weighted by molar-refractivity contribution is 0.671. The quantitative estimate of drug-likeness (QED) is 0.645. The van der Waals surface area contributed by atoms with Gasteiger partial charge in [0.25, 0.3) is 0 Å². The highest BCUT2D eigenvalue weighted by Gasteiger charge is 2.17. The van der Waals surface area contributed by atoms with Gasteiger partial charge in [-0.2, -0.15) is 4.98 Å². The number of nitrogen functional groups attached to an aromatic ring is 1. The van der Waals surface area contributed by atoms with Gasteiger partial charge in [0, 0.05) is 35.4 Å². The zero-order chi connectivity index (χ0) is 9.97. The molecule has 1 fully saturated rings. The lowest BCUT2D eigenvalue weighted by Gasteiger charge is -2.25. The predicted octanol–water partition coefficient (Wildman–Crippen LogP) is -0.978. The summed E-state index contributed by atoms with van der Waals surface area (Å²) in [5, 5.41) is 0. The van der Waals surface area contributed by atoms with E-state index in [-0.39, 0.29) is 5.95 Å². The third kappa shape index (κ3) is 1.98. The van der Waals surface area contributed by atoms with Crippen molar-refractivity contribution in [2.45, 2.75) is 0 Å². The Bertz CT molecular complexity index is 348. The second kappa shape index (κ2) is 3.87. The van der Waals surface area contributed by atoms with E-state index in [4.69, 9.17) is 5.73 Å². The van der Waals surface area contributed by atoms with Crippen molar-refractivity contribution in [2.75, 3.05) is 35.2 Å². The molecule has 2 rings (SSSR count). The van der Waals surface area contributed by atoms with Crippen molar-refractivity contribution in [2.24, 2.45) is 0 Å². The molecule has 0 spiro atoms. The topological polar surface area (TPSA) is 85.0 Å². The summed E-state index contributed by atoms with van der Waals surface area (Å²) in [6, 6.07) is 0. The van der Waals surface area contributed by atoms with Crippen LogP contribution in [0.25, 0.3) is 0 Å². The van der Waals surface area contributed by atoms with Gasteiger partial charge in [0.2, 0.25) is 11.9 Å². The monoisotopic (exact) mass is 213 g/mol. The van der Waals surface area contributed by atoms with Crippen molar-refractivity contribution in [3.8, 4) is 0 Å². The van der Waals surface area contributed by atoms with Crippen molar-refractivity contribution in [3.63, 3.8) is 0 Å². The van der Waals surface area contributed by atoms with Gasteiger partial charge in [0.1, 0.15) is 6.33 Å². The Morgan fingerprint density at radius 2 is 2.07 bits per heavy atom. The molecule has 2 heterocycles. The molecule has 1 aliphatic heterocycles. The second-order valence-electron chi connectivity index (χ2n) is 2.98. The molecular formula is C7H11N5OS. The van der Waals surface area contributed by atoms with Crippen molar-refractivity contribution in [3.05, 3.63) is 6.33 Å². The summed E-state index contributed by atoms with van der Waals surface area (Å²) < 4.78 is 11.1. The van der Waals surface area contributed by atoms with Gasteiger partial charge in [-0.3, -0.25) is 4.21 Å². The SMILES string of the molecule is Nc1ncnc(N2CCS(=O)CC2)n1. The molecule has 1 aliphatic rings. The first kappa shape index (κ1) is 9.32. The first-order valence-corrected chi connectivity index (χ1v) is 5.79. The van der Waals surface area contributed by atoms with Crippen LogP contribution in [0.15, 0.2) is 6.33 Å². The predicted molar refractivity (Wildman–Crippen MR) is 54.3 cm³/mol. The molecular weight excluding hydrogens is 202 g/mol. The normalized spacial score (nSPS) is 18.4. The fraction of sp³-hybridized carbons (Fsp3) is 0.571. The number of hydrogen-bond acceptors (Lipinski definition) is 6. The molecule has 0 saturated carbocycles. The molecule has 0 radical (unpaired) electrons. The van der Waals surface area contributed by atoms with Crippen LogP contribution in [-0.4, -0.2) is 43.8 Å². The van der Waals surface area contributed by atoms with E-state index in [0.29, 0.717) is 17.5 Å². The van der Waals surface area contributed by atoms with Crippen molar-refractivity contribution in [1.82, 2.24) is 15.0 Å². The smallest absolute Gasteiger partial charge is 0.230 e.